The Labute approximate surface area is 161 Å². The van der Waals surface area contributed by atoms with Gasteiger partial charge in [0.15, 0.2) is 11.5 Å². The number of carbonyl (C=O) groups excluding carboxylic acids is 2. The summed E-state index contributed by atoms with van der Waals surface area (Å²) in [6, 6.07) is 5.73. The molecule has 0 heterocycles. The molecule has 0 spiro atoms. The van der Waals surface area contributed by atoms with Gasteiger partial charge in [-0.1, -0.05) is 18.9 Å². The highest BCUT2D eigenvalue weighted by Crippen LogP contribution is 2.32. The van der Waals surface area contributed by atoms with Crippen LogP contribution in [0.3, 0.4) is 0 Å². The standard InChI is InChI=1S/C21H30N2O4/c1-26-19-12-15(10-11-18(19)27-17-8-4-5-9-17)13-22-20(24)14-23-21(25)16-6-2-3-7-16/h10-12,16-17H,2-9,13-14H2,1H3,(H,22,24)(H,23,25). The van der Waals surface area contributed by atoms with Crippen molar-refractivity contribution in [3.8, 4) is 11.5 Å². The van der Waals surface area contributed by atoms with Crippen LogP contribution >= 0.6 is 0 Å². The zero-order chi connectivity index (χ0) is 19.1. The highest BCUT2D eigenvalue weighted by atomic mass is 16.5. The number of benzene rings is 1. The third-order valence-corrected chi connectivity index (χ3v) is 5.46. The van der Waals surface area contributed by atoms with Gasteiger partial charge >= 0.3 is 0 Å². The lowest BCUT2D eigenvalue weighted by Gasteiger charge is -2.17. The number of amides is 2. The summed E-state index contributed by atoms with van der Waals surface area (Å²) < 4.78 is 11.5. The van der Waals surface area contributed by atoms with Gasteiger partial charge in [-0.25, -0.2) is 0 Å². The summed E-state index contributed by atoms with van der Waals surface area (Å²) >= 11 is 0. The normalized spacial score (nSPS) is 17.7. The molecule has 2 aliphatic carbocycles. The van der Waals surface area contributed by atoms with E-state index in [0.29, 0.717) is 12.3 Å². The number of rotatable bonds is 8. The number of hydrogen-bond donors (Lipinski definition) is 2. The molecule has 0 bridgehead atoms. The molecule has 0 saturated heterocycles. The SMILES string of the molecule is COc1cc(CNC(=O)CNC(=O)C2CCCC2)ccc1OC1CCCC1. The lowest BCUT2D eigenvalue weighted by molar-refractivity contribution is -0.128. The molecule has 0 aromatic heterocycles. The zero-order valence-corrected chi connectivity index (χ0v) is 16.1. The van der Waals surface area contributed by atoms with Gasteiger partial charge < -0.3 is 20.1 Å². The van der Waals surface area contributed by atoms with Crippen molar-refractivity contribution in [2.45, 2.75) is 64.0 Å². The molecular weight excluding hydrogens is 344 g/mol. The van der Waals surface area contributed by atoms with Crippen LogP contribution in [0.2, 0.25) is 0 Å². The quantitative estimate of drug-likeness (QED) is 0.733. The molecule has 6 nitrogen and oxygen atoms in total. The Morgan fingerprint density at radius 2 is 1.70 bits per heavy atom. The second-order valence-corrected chi connectivity index (χ2v) is 7.49. The number of hydrogen-bond acceptors (Lipinski definition) is 4. The van der Waals surface area contributed by atoms with Crippen molar-refractivity contribution < 1.29 is 19.1 Å². The van der Waals surface area contributed by atoms with Crippen LogP contribution in [0.25, 0.3) is 0 Å². The molecule has 6 heteroatoms. The van der Waals surface area contributed by atoms with E-state index in [1.807, 2.05) is 18.2 Å². The van der Waals surface area contributed by atoms with Crippen LogP contribution < -0.4 is 20.1 Å². The summed E-state index contributed by atoms with van der Waals surface area (Å²) in [7, 11) is 1.62. The topological polar surface area (TPSA) is 76.7 Å². The van der Waals surface area contributed by atoms with Crippen molar-refractivity contribution in [1.29, 1.82) is 0 Å². The average Bonchev–Trinajstić information content (AvgIpc) is 3.39. The first kappa shape index (κ1) is 19.5. The summed E-state index contributed by atoms with van der Waals surface area (Å²) in [5.41, 5.74) is 0.932. The van der Waals surface area contributed by atoms with Crippen molar-refractivity contribution >= 4 is 11.8 Å². The lowest BCUT2D eigenvalue weighted by Crippen LogP contribution is -2.38. The second-order valence-electron chi connectivity index (χ2n) is 7.49. The third kappa shape index (κ3) is 5.62. The van der Waals surface area contributed by atoms with Crippen molar-refractivity contribution in [2.75, 3.05) is 13.7 Å². The molecule has 0 unspecified atom stereocenters. The first-order valence-electron chi connectivity index (χ1n) is 10.0. The Balaban J connectivity index is 1.45. The van der Waals surface area contributed by atoms with Crippen LogP contribution in [0, 0.1) is 5.92 Å². The molecule has 1 aromatic carbocycles. The average molecular weight is 374 g/mol. The minimum absolute atomic E-state index is 0.00210. The molecule has 148 valence electrons. The fourth-order valence-corrected chi connectivity index (χ4v) is 3.87. The molecule has 0 atom stereocenters. The van der Waals surface area contributed by atoms with E-state index in [4.69, 9.17) is 9.47 Å². The maximum atomic E-state index is 12.0. The third-order valence-electron chi connectivity index (χ3n) is 5.46. The van der Waals surface area contributed by atoms with Crippen molar-refractivity contribution in [3.05, 3.63) is 23.8 Å². The molecular formula is C21H30N2O4. The number of ether oxygens (including phenoxy) is 2. The lowest BCUT2D eigenvalue weighted by atomic mass is 10.1. The Hall–Kier alpha value is -2.24. The number of carbonyl (C=O) groups is 2. The van der Waals surface area contributed by atoms with E-state index in [9.17, 15) is 9.59 Å². The van der Waals surface area contributed by atoms with Crippen molar-refractivity contribution in [2.24, 2.45) is 5.92 Å². The molecule has 3 rings (SSSR count). The van der Waals surface area contributed by atoms with E-state index < -0.39 is 0 Å². The predicted molar refractivity (Wildman–Crippen MR) is 103 cm³/mol. The van der Waals surface area contributed by atoms with Gasteiger partial charge in [-0.05, 0) is 56.2 Å². The maximum Gasteiger partial charge on any atom is 0.239 e. The van der Waals surface area contributed by atoms with Gasteiger partial charge in [-0.2, -0.15) is 0 Å². The molecule has 0 radical (unpaired) electrons. The molecule has 1 aromatic rings. The maximum absolute atomic E-state index is 12.0. The summed E-state index contributed by atoms with van der Waals surface area (Å²) in [6.07, 6.45) is 8.96. The first-order valence-corrected chi connectivity index (χ1v) is 10.0. The van der Waals surface area contributed by atoms with Gasteiger partial charge in [0.1, 0.15) is 0 Å². The van der Waals surface area contributed by atoms with Crippen LogP contribution in [0.15, 0.2) is 18.2 Å². The predicted octanol–water partition coefficient (Wildman–Crippen LogP) is 2.94. The van der Waals surface area contributed by atoms with E-state index in [1.165, 1.54) is 12.8 Å². The van der Waals surface area contributed by atoms with Crippen molar-refractivity contribution in [1.82, 2.24) is 10.6 Å². The highest BCUT2D eigenvalue weighted by Gasteiger charge is 2.22. The molecule has 2 N–H and O–H groups in total. The van der Waals surface area contributed by atoms with Gasteiger partial charge in [0.25, 0.3) is 0 Å². The minimum atomic E-state index is -0.188. The fourth-order valence-electron chi connectivity index (χ4n) is 3.87. The largest absolute Gasteiger partial charge is 0.493 e. The summed E-state index contributed by atoms with van der Waals surface area (Å²) in [4.78, 5) is 24.0. The van der Waals surface area contributed by atoms with E-state index in [0.717, 1.165) is 49.8 Å². The van der Waals surface area contributed by atoms with E-state index in [2.05, 4.69) is 10.6 Å². The van der Waals surface area contributed by atoms with Crippen LogP contribution in [0.1, 0.15) is 56.9 Å². The van der Waals surface area contributed by atoms with E-state index in [-0.39, 0.29) is 30.4 Å². The smallest absolute Gasteiger partial charge is 0.239 e. The fraction of sp³-hybridized carbons (Fsp3) is 0.619. The Bertz CT molecular complexity index is 650. The molecule has 2 amide bonds. The zero-order valence-electron chi connectivity index (χ0n) is 16.1. The van der Waals surface area contributed by atoms with Gasteiger partial charge in [-0.3, -0.25) is 9.59 Å². The first-order chi connectivity index (χ1) is 13.2. The molecule has 0 aliphatic heterocycles. The highest BCUT2D eigenvalue weighted by molar-refractivity contribution is 5.85. The Morgan fingerprint density at radius 1 is 1.00 bits per heavy atom. The van der Waals surface area contributed by atoms with Crippen LogP contribution in [-0.2, 0) is 16.1 Å². The van der Waals surface area contributed by atoms with Crippen LogP contribution in [0.4, 0.5) is 0 Å². The Kier molecular flexibility index (Phi) is 6.96. The van der Waals surface area contributed by atoms with Crippen molar-refractivity contribution in [3.63, 3.8) is 0 Å². The second kappa shape index (κ2) is 9.62. The van der Waals surface area contributed by atoms with Gasteiger partial charge in [0.05, 0.1) is 19.8 Å². The van der Waals surface area contributed by atoms with Gasteiger partial charge in [0.2, 0.25) is 11.8 Å². The van der Waals surface area contributed by atoms with Crippen LogP contribution in [0.5, 0.6) is 11.5 Å². The number of nitrogens with one attached hydrogen (secondary N) is 2. The monoisotopic (exact) mass is 374 g/mol. The molecule has 2 saturated carbocycles. The summed E-state index contributed by atoms with van der Waals surface area (Å²) in [5, 5.41) is 5.58. The molecule has 27 heavy (non-hydrogen) atoms. The summed E-state index contributed by atoms with van der Waals surface area (Å²) in [6.45, 7) is 0.410. The Morgan fingerprint density at radius 3 is 2.41 bits per heavy atom. The minimum Gasteiger partial charge on any atom is -0.493 e. The molecule has 2 aliphatic rings. The van der Waals surface area contributed by atoms with Crippen LogP contribution in [-0.4, -0.2) is 31.6 Å². The number of methoxy groups -OCH3 is 1. The van der Waals surface area contributed by atoms with Gasteiger partial charge in [-0.15, -0.1) is 0 Å². The van der Waals surface area contributed by atoms with E-state index in [1.54, 1.807) is 7.11 Å². The van der Waals surface area contributed by atoms with Gasteiger partial charge in [0, 0.05) is 12.5 Å². The molecule has 2 fully saturated rings. The summed E-state index contributed by atoms with van der Waals surface area (Å²) in [5.74, 6) is 1.32. The van der Waals surface area contributed by atoms with E-state index >= 15 is 0 Å².